The predicted molar refractivity (Wildman–Crippen MR) is 94.2 cm³/mol. The molecule has 0 aromatic heterocycles. The first-order valence-electron chi connectivity index (χ1n) is 8.19. The van der Waals surface area contributed by atoms with Gasteiger partial charge >= 0.3 is 5.97 Å². The minimum Gasteiger partial charge on any atom is -0.490 e. The molecule has 0 fully saturated rings. The number of benzene rings is 2. The Hall–Kier alpha value is -2.82. The Kier molecular flexibility index (Phi) is 7.01. The zero-order valence-electron chi connectivity index (χ0n) is 14.5. The Balaban J connectivity index is 1.66. The van der Waals surface area contributed by atoms with E-state index in [1.54, 1.807) is 24.3 Å². The first kappa shape index (κ1) is 18.5. The number of ketones is 1. The lowest BCUT2D eigenvalue weighted by Gasteiger charge is -2.09. The number of Topliss-reactive ketones (excluding diaryl/α,β-unsaturated/α-hetero) is 1. The zero-order chi connectivity index (χ0) is 18.1. The van der Waals surface area contributed by atoms with E-state index in [1.165, 1.54) is 12.5 Å². The number of carbonyl (C=O) groups is 2. The number of aryl methyl sites for hydroxylation is 1. The van der Waals surface area contributed by atoms with Crippen molar-refractivity contribution in [1.82, 2.24) is 0 Å². The van der Waals surface area contributed by atoms with Gasteiger partial charge in [-0.05, 0) is 55.3 Å². The van der Waals surface area contributed by atoms with Gasteiger partial charge in [-0.2, -0.15) is 0 Å². The van der Waals surface area contributed by atoms with Crippen LogP contribution in [-0.4, -0.2) is 31.6 Å². The van der Waals surface area contributed by atoms with Crippen LogP contribution in [-0.2, 0) is 16.0 Å². The van der Waals surface area contributed by atoms with E-state index in [9.17, 15) is 9.59 Å². The lowest BCUT2D eigenvalue weighted by atomic mass is 10.1. The summed E-state index contributed by atoms with van der Waals surface area (Å²) in [6.07, 6.45) is 0.941. The van der Waals surface area contributed by atoms with Crippen molar-refractivity contribution in [3.63, 3.8) is 0 Å². The fourth-order valence-electron chi connectivity index (χ4n) is 2.14. The molecule has 0 aliphatic heterocycles. The molecule has 0 atom stereocenters. The van der Waals surface area contributed by atoms with Crippen molar-refractivity contribution in [3.05, 3.63) is 59.7 Å². The van der Waals surface area contributed by atoms with E-state index in [0.29, 0.717) is 11.3 Å². The fraction of sp³-hybridized carbons (Fsp3) is 0.300. The molecule has 5 nitrogen and oxygen atoms in total. The van der Waals surface area contributed by atoms with Crippen LogP contribution >= 0.6 is 0 Å². The quantitative estimate of drug-likeness (QED) is 0.397. The van der Waals surface area contributed by atoms with Crippen molar-refractivity contribution in [3.8, 4) is 11.5 Å². The van der Waals surface area contributed by atoms with Crippen LogP contribution in [0, 0.1) is 0 Å². The Bertz CT molecular complexity index is 706. The van der Waals surface area contributed by atoms with Crippen molar-refractivity contribution < 1.29 is 23.8 Å². The summed E-state index contributed by atoms with van der Waals surface area (Å²) in [5.74, 6) is 0.781. The Morgan fingerprint density at radius 3 is 2.36 bits per heavy atom. The second-order valence-electron chi connectivity index (χ2n) is 5.44. The maximum Gasteiger partial charge on any atom is 0.344 e. The lowest BCUT2D eigenvalue weighted by Crippen LogP contribution is -2.18. The van der Waals surface area contributed by atoms with E-state index in [1.807, 2.05) is 24.3 Å². The van der Waals surface area contributed by atoms with Crippen LogP contribution in [0.25, 0.3) is 0 Å². The zero-order valence-corrected chi connectivity index (χ0v) is 14.5. The van der Waals surface area contributed by atoms with Gasteiger partial charge < -0.3 is 14.2 Å². The molecule has 0 aliphatic rings. The van der Waals surface area contributed by atoms with E-state index >= 15 is 0 Å². The lowest BCUT2D eigenvalue weighted by molar-refractivity contribution is -0.146. The van der Waals surface area contributed by atoms with Crippen molar-refractivity contribution in [1.29, 1.82) is 0 Å². The molecular weight excluding hydrogens is 320 g/mol. The van der Waals surface area contributed by atoms with Crippen LogP contribution in [0.1, 0.15) is 29.8 Å². The summed E-state index contributed by atoms with van der Waals surface area (Å²) in [6, 6.07) is 14.4. The van der Waals surface area contributed by atoms with Crippen LogP contribution < -0.4 is 9.47 Å². The molecule has 0 saturated heterocycles. The molecule has 0 aliphatic carbocycles. The number of ether oxygens (including phenoxy) is 3. The van der Waals surface area contributed by atoms with Crippen LogP contribution in [0.3, 0.4) is 0 Å². The summed E-state index contributed by atoms with van der Waals surface area (Å²) in [6.45, 7) is 3.82. The van der Waals surface area contributed by atoms with Gasteiger partial charge in [0, 0.05) is 5.56 Å². The van der Waals surface area contributed by atoms with E-state index in [2.05, 4.69) is 6.92 Å². The average Bonchev–Trinajstić information content (AvgIpc) is 2.64. The van der Waals surface area contributed by atoms with Gasteiger partial charge in [0.1, 0.15) is 24.7 Å². The highest BCUT2D eigenvalue weighted by Crippen LogP contribution is 2.14. The molecule has 0 amide bonds. The van der Waals surface area contributed by atoms with Crippen molar-refractivity contribution in [2.45, 2.75) is 20.3 Å². The number of esters is 1. The molecule has 25 heavy (non-hydrogen) atoms. The Morgan fingerprint density at radius 2 is 1.68 bits per heavy atom. The second-order valence-corrected chi connectivity index (χ2v) is 5.44. The van der Waals surface area contributed by atoms with Gasteiger partial charge in [0.25, 0.3) is 0 Å². The van der Waals surface area contributed by atoms with Crippen molar-refractivity contribution in [2.75, 3.05) is 19.8 Å². The van der Waals surface area contributed by atoms with Gasteiger partial charge in [0.05, 0.1) is 0 Å². The Labute approximate surface area is 147 Å². The molecule has 2 aromatic carbocycles. The SMILES string of the molecule is CCc1cccc(OCCOC(=O)COc2ccc(C(C)=O)cc2)c1. The third kappa shape index (κ3) is 6.30. The molecule has 0 unspecified atom stereocenters. The number of carbonyl (C=O) groups excluding carboxylic acids is 2. The van der Waals surface area contributed by atoms with Crippen molar-refractivity contribution >= 4 is 11.8 Å². The summed E-state index contributed by atoms with van der Waals surface area (Å²) < 4.78 is 15.9. The number of rotatable bonds is 9. The topological polar surface area (TPSA) is 61.8 Å². The first-order valence-corrected chi connectivity index (χ1v) is 8.19. The van der Waals surface area contributed by atoms with Gasteiger partial charge in [-0.1, -0.05) is 19.1 Å². The first-order chi connectivity index (χ1) is 12.1. The minimum atomic E-state index is -0.471. The summed E-state index contributed by atoms with van der Waals surface area (Å²) in [5.41, 5.74) is 1.79. The molecule has 5 heteroatoms. The van der Waals surface area contributed by atoms with Crippen LogP contribution in [0.15, 0.2) is 48.5 Å². The molecule has 0 heterocycles. The van der Waals surface area contributed by atoms with Gasteiger partial charge in [0.2, 0.25) is 0 Å². The summed E-state index contributed by atoms with van der Waals surface area (Å²) in [5, 5.41) is 0. The maximum atomic E-state index is 11.6. The second kappa shape index (κ2) is 9.47. The van der Waals surface area contributed by atoms with Gasteiger partial charge in [0.15, 0.2) is 12.4 Å². The molecule has 2 rings (SSSR count). The summed E-state index contributed by atoms with van der Waals surface area (Å²) in [7, 11) is 0. The van der Waals surface area contributed by atoms with E-state index in [-0.39, 0.29) is 25.6 Å². The normalized spacial score (nSPS) is 10.2. The highest BCUT2D eigenvalue weighted by molar-refractivity contribution is 5.94. The average molecular weight is 342 g/mol. The molecule has 0 bridgehead atoms. The highest BCUT2D eigenvalue weighted by atomic mass is 16.6. The standard InChI is InChI=1S/C20H22O5/c1-3-16-5-4-6-19(13-16)23-11-12-24-20(22)14-25-18-9-7-17(8-10-18)15(2)21/h4-10,13H,3,11-12,14H2,1-2H3. The highest BCUT2D eigenvalue weighted by Gasteiger charge is 2.05. The predicted octanol–water partition coefficient (Wildman–Crippen LogP) is 3.45. The van der Waals surface area contributed by atoms with E-state index < -0.39 is 5.97 Å². The molecular formula is C20H22O5. The molecule has 0 spiro atoms. The molecule has 0 saturated carbocycles. The minimum absolute atomic E-state index is 0.0181. The fourth-order valence-corrected chi connectivity index (χ4v) is 2.14. The van der Waals surface area contributed by atoms with Crippen LogP contribution in [0.5, 0.6) is 11.5 Å². The van der Waals surface area contributed by atoms with Gasteiger partial charge in [-0.25, -0.2) is 4.79 Å². The van der Waals surface area contributed by atoms with Gasteiger partial charge in [-0.15, -0.1) is 0 Å². The summed E-state index contributed by atoms with van der Waals surface area (Å²) in [4.78, 5) is 22.8. The van der Waals surface area contributed by atoms with Gasteiger partial charge in [-0.3, -0.25) is 4.79 Å². The van der Waals surface area contributed by atoms with E-state index in [4.69, 9.17) is 14.2 Å². The Morgan fingerprint density at radius 1 is 0.920 bits per heavy atom. The number of hydrogen-bond donors (Lipinski definition) is 0. The molecule has 2 aromatic rings. The van der Waals surface area contributed by atoms with Crippen molar-refractivity contribution in [2.24, 2.45) is 0 Å². The third-order valence-electron chi connectivity index (χ3n) is 3.54. The molecule has 0 N–H and O–H groups in total. The smallest absolute Gasteiger partial charge is 0.344 e. The largest absolute Gasteiger partial charge is 0.490 e. The third-order valence-corrected chi connectivity index (χ3v) is 3.54. The van der Waals surface area contributed by atoms with E-state index in [0.717, 1.165) is 12.2 Å². The summed E-state index contributed by atoms with van der Waals surface area (Å²) >= 11 is 0. The van der Waals surface area contributed by atoms with Crippen LogP contribution in [0.2, 0.25) is 0 Å². The van der Waals surface area contributed by atoms with Crippen LogP contribution in [0.4, 0.5) is 0 Å². The monoisotopic (exact) mass is 342 g/mol. The number of hydrogen-bond acceptors (Lipinski definition) is 5. The molecule has 0 radical (unpaired) electrons. The molecule has 132 valence electrons. The maximum absolute atomic E-state index is 11.6.